The Hall–Kier alpha value is -1.75. The van der Waals surface area contributed by atoms with Crippen molar-refractivity contribution in [3.63, 3.8) is 0 Å². The van der Waals surface area contributed by atoms with Gasteiger partial charge in [0.05, 0.1) is 26.2 Å². The lowest BCUT2D eigenvalue weighted by molar-refractivity contribution is -0.152. The summed E-state index contributed by atoms with van der Waals surface area (Å²) in [4.78, 5) is 11.6. The lowest BCUT2D eigenvalue weighted by Crippen LogP contribution is -2.32. The van der Waals surface area contributed by atoms with Gasteiger partial charge in [0.15, 0.2) is 11.5 Å². The van der Waals surface area contributed by atoms with Crippen LogP contribution in [0.5, 0.6) is 11.5 Å². The maximum atomic E-state index is 11.6. The molecule has 1 rings (SSSR count). The van der Waals surface area contributed by atoms with Crippen LogP contribution in [-0.2, 0) is 16.1 Å². The van der Waals surface area contributed by atoms with Crippen LogP contribution in [0.15, 0.2) is 18.2 Å². The van der Waals surface area contributed by atoms with E-state index in [1.165, 1.54) is 14.2 Å². The molecule has 0 aromatic heterocycles. The predicted octanol–water partition coefficient (Wildman–Crippen LogP) is 1.77. The summed E-state index contributed by atoms with van der Waals surface area (Å²) in [7, 11) is 2.88. The Morgan fingerprint density at radius 2 is 1.95 bits per heavy atom. The highest BCUT2D eigenvalue weighted by atomic mass is 16.5. The topological polar surface area (TPSA) is 65.0 Å². The Morgan fingerprint density at radius 3 is 2.47 bits per heavy atom. The lowest BCUT2D eigenvalue weighted by atomic mass is 9.95. The number of hydrogen-bond acceptors (Lipinski definition) is 5. The highest BCUT2D eigenvalue weighted by Gasteiger charge is 2.30. The van der Waals surface area contributed by atoms with Gasteiger partial charge >= 0.3 is 5.97 Å². The highest BCUT2D eigenvalue weighted by molar-refractivity contribution is 5.75. The van der Waals surface area contributed by atoms with Crippen molar-refractivity contribution < 1.29 is 24.1 Å². The second kappa shape index (κ2) is 6.43. The van der Waals surface area contributed by atoms with E-state index in [2.05, 4.69) is 0 Å². The van der Waals surface area contributed by atoms with Crippen molar-refractivity contribution in [2.45, 2.75) is 20.5 Å². The third kappa shape index (κ3) is 3.86. The van der Waals surface area contributed by atoms with Crippen LogP contribution in [0.2, 0.25) is 0 Å². The quantitative estimate of drug-likeness (QED) is 0.796. The van der Waals surface area contributed by atoms with Crippen LogP contribution in [0.25, 0.3) is 0 Å². The van der Waals surface area contributed by atoms with E-state index in [0.717, 1.165) is 0 Å². The maximum Gasteiger partial charge on any atom is 0.314 e. The van der Waals surface area contributed by atoms with Crippen LogP contribution >= 0.6 is 0 Å². The standard InChI is InChI=1S/C14H20O5/c1-14(2,13(16)18-4)9-19-12-7-10(8-15)5-6-11(12)17-3/h5-7,15H,8-9H2,1-4H3. The second-order valence-electron chi connectivity index (χ2n) is 4.81. The number of benzene rings is 1. The third-order valence-corrected chi connectivity index (χ3v) is 2.74. The molecule has 0 amide bonds. The molecule has 1 aromatic rings. The highest BCUT2D eigenvalue weighted by Crippen LogP contribution is 2.30. The van der Waals surface area contributed by atoms with E-state index in [1.54, 1.807) is 32.0 Å². The lowest BCUT2D eigenvalue weighted by Gasteiger charge is -2.22. The van der Waals surface area contributed by atoms with Gasteiger partial charge in [-0.15, -0.1) is 0 Å². The minimum atomic E-state index is -0.755. The fourth-order valence-corrected chi connectivity index (χ4v) is 1.53. The molecule has 0 heterocycles. The predicted molar refractivity (Wildman–Crippen MR) is 70.2 cm³/mol. The first-order valence-corrected chi connectivity index (χ1v) is 5.93. The van der Waals surface area contributed by atoms with Crippen molar-refractivity contribution in [3.05, 3.63) is 23.8 Å². The summed E-state index contributed by atoms with van der Waals surface area (Å²) >= 11 is 0. The molecule has 0 radical (unpaired) electrons. The van der Waals surface area contributed by atoms with E-state index in [9.17, 15) is 4.79 Å². The number of methoxy groups -OCH3 is 2. The molecule has 0 saturated heterocycles. The van der Waals surface area contributed by atoms with Gasteiger partial charge < -0.3 is 19.3 Å². The summed E-state index contributed by atoms with van der Waals surface area (Å²) in [5.41, 5.74) is -0.0405. The zero-order valence-corrected chi connectivity index (χ0v) is 11.7. The molecule has 5 heteroatoms. The van der Waals surface area contributed by atoms with Crippen LogP contribution in [0, 0.1) is 5.41 Å². The number of rotatable bonds is 6. The first-order chi connectivity index (χ1) is 8.94. The third-order valence-electron chi connectivity index (χ3n) is 2.74. The molecule has 1 N–H and O–H groups in total. The van der Waals surface area contributed by atoms with E-state index in [0.29, 0.717) is 17.1 Å². The number of ether oxygens (including phenoxy) is 3. The minimum Gasteiger partial charge on any atom is -0.493 e. The molecule has 1 aromatic carbocycles. The van der Waals surface area contributed by atoms with E-state index in [4.69, 9.17) is 19.3 Å². The second-order valence-corrected chi connectivity index (χ2v) is 4.81. The number of hydrogen-bond donors (Lipinski definition) is 1. The van der Waals surface area contributed by atoms with E-state index < -0.39 is 5.41 Å². The molecule has 0 bridgehead atoms. The largest absolute Gasteiger partial charge is 0.493 e. The van der Waals surface area contributed by atoms with Crippen LogP contribution in [-0.4, -0.2) is 31.9 Å². The summed E-state index contributed by atoms with van der Waals surface area (Å²) in [5.74, 6) is 0.702. The van der Waals surface area contributed by atoms with Crippen molar-refractivity contribution in [1.82, 2.24) is 0 Å². The zero-order chi connectivity index (χ0) is 14.5. The molecular formula is C14H20O5. The Morgan fingerprint density at radius 1 is 1.26 bits per heavy atom. The normalized spacial score (nSPS) is 11.0. The summed E-state index contributed by atoms with van der Waals surface area (Å²) < 4.78 is 15.5. The molecule has 0 saturated carbocycles. The fourth-order valence-electron chi connectivity index (χ4n) is 1.53. The Balaban J connectivity index is 2.84. The van der Waals surface area contributed by atoms with Crippen LogP contribution < -0.4 is 9.47 Å². The van der Waals surface area contributed by atoms with Crippen molar-refractivity contribution in [3.8, 4) is 11.5 Å². The monoisotopic (exact) mass is 268 g/mol. The van der Waals surface area contributed by atoms with Crippen molar-refractivity contribution in [2.75, 3.05) is 20.8 Å². The molecule has 0 aliphatic heterocycles. The molecule has 0 atom stereocenters. The van der Waals surface area contributed by atoms with Gasteiger partial charge in [0.1, 0.15) is 6.61 Å². The van der Waals surface area contributed by atoms with Crippen molar-refractivity contribution in [1.29, 1.82) is 0 Å². The number of aliphatic hydroxyl groups excluding tert-OH is 1. The summed E-state index contributed by atoms with van der Waals surface area (Å²) in [6.07, 6.45) is 0. The number of esters is 1. The van der Waals surface area contributed by atoms with Gasteiger partial charge in [-0.2, -0.15) is 0 Å². The Labute approximate surface area is 113 Å². The van der Waals surface area contributed by atoms with Crippen molar-refractivity contribution >= 4 is 5.97 Å². The maximum absolute atomic E-state index is 11.6. The molecule has 0 fully saturated rings. The minimum absolute atomic E-state index is 0.0826. The van der Waals surface area contributed by atoms with Gasteiger partial charge in [-0.3, -0.25) is 4.79 Å². The summed E-state index contributed by atoms with van der Waals surface area (Å²) in [5, 5.41) is 9.11. The number of aliphatic hydroxyl groups is 1. The fraction of sp³-hybridized carbons (Fsp3) is 0.500. The van der Waals surface area contributed by atoms with Gasteiger partial charge in [-0.25, -0.2) is 0 Å². The van der Waals surface area contributed by atoms with Crippen LogP contribution in [0.1, 0.15) is 19.4 Å². The van der Waals surface area contributed by atoms with Gasteiger partial charge in [0.2, 0.25) is 0 Å². The SMILES string of the molecule is COC(=O)C(C)(C)COc1cc(CO)ccc1OC. The average Bonchev–Trinajstić information content (AvgIpc) is 2.43. The number of carbonyl (C=O) groups excluding carboxylic acids is 1. The summed E-state index contributed by atoms with van der Waals surface area (Å²) in [6, 6.07) is 5.15. The van der Waals surface area contributed by atoms with Gasteiger partial charge in [-0.1, -0.05) is 6.07 Å². The van der Waals surface area contributed by atoms with E-state index in [1.807, 2.05) is 0 Å². The molecule has 0 unspecified atom stereocenters. The molecule has 5 nitrogen and oxygen atoms in total. The van der Waals surface area contributed by atoms with Crippen LogP contribution in [0.4, 0.5) is 0 Å². The molecule has 0 aliphatic carbocycles. The van der Waals surface area contributed by atoms with Crippen LogP contribution in [0.3, 0.4) is 0 Å². The molecule has 0 spiro atoms. The Kier molecular flexibility index (Phi) is 5.18. The molecule has 106 valence electrons. The van der Waals surface area contributed by atoms with Gasteiger partial charge in [0.25, 0.3) is 0 Å². The van der Waals surface area contributed by atoms with Crippen molar-refractivity contribution in [2.24, 2.45) is 5.41 Å². The Bertz CT molecular complexity index is 439. The first kappa shape index (κ1) is 15.3. The zero-order valence-electron chi connectivity index (χ0n) is 11.7. The smallest absolute Gasteiger partial charge is 0.314 e. The number of carbonyl (C=O) groups is 1. The average molecular weight is 268 g/mol. The van der Waals surface area contributed by atoms with Gasteiger partial charge in [-0.05, 0) is 31.5 Å². The molecule has 19 heavy (non-hydrogen) atoms. The molecular weight excluding hydrogens is 248 g/mol. The van der Waals surface area contributed by atoms with E-state index in [-0.39, 0.29) is 19.2 Å². The van der Waals surface area contributed by atoms with Gasteiger partial charge in [0, 0.05) is 0 Å². The first-order valence-electron chi connectivity index (χ1n) is 5.93. The van der Waals surface area contributed by atoms with E-state index >= 15 is 0 Å². The molecule has 0 aliphatic rings. The summed E-state index contributed by atoms with van der Waals surface area (Å²) in [6.45, 7) is 3.55.